The fourth-order valence-electron chi connectivity index (χ4n) is 2.44. The van der Waals surface area contributed by atoms with Gasteiger partial charge in [-0.3, -0.25) is 14.7 Å². The van der Waals surface area contributed by atoms with Crippen LogP contribution in [-0.4, -0.2) is 28.9 Å². The molecule has 1 aromatic heterocycles. The third-order valence-corrected chi connectivity index (χ3v) is 3.73. The van der Waals surface area contributed by atoms with Gasteiger partial charge in [-0.1, -0.05) is 18.2 Å². The average Bonchev–Trinajstić information content (AvgIpc) is 3.03. The van der Waals surface area contributed by atoms with Gasteiger partial charge in [-0.2, -0.15) is 5.10 Å². The van der Waals surface area contributed by atoms with E-state index in [-0.39, 0.29) is 24.4 Å². The summed E-state index contributed by atoms with van der Waals surface area (Å²) in [5, 5.41) is 7.68. The summed E-state index contributed by atoms with van der Waals surface area (Å²) in [6.07, 6.45) is 0.298. The first-order valence-corrected chi connectivity index (χ1v) is 7.32. The van der Waals surface area contributed by atoms with Gasteiger partial charge in [0.15, 0.2) is 11.6 Å². The molecular weight excluding hydrogens is 292 g/mol. The Morgan fingerprint density at radius 2 is 1.70 bits per heavy atom. The molecule has 23 heavy (non-hydrogen) atoms. The number of benzene rings is 2. The predicted molar refractivity (Wildman–Crippen MR) is 87.0 cm³/mol. The van der Waals surface area contributed by atoms with E-state index in [0.29, 0.717) is 17.0 Å². The summed E-state index contributed by atoms with van der Waals surface area (Å²) in [5.74, 6) is 0.491. The molecule has 1 N–H and O–H groups in total. The number of hydrogen-bond acceptors (Lipinski definition) is 4. The zero-order valence-corrected chi connectivity index (χ0v) is 12.7. The van der Waals surface area contributed by atoms with E-state index in [1.165, 1.54) is 0 Å². The molecule has 0 spiro atoms. The minimum atomic E-state index is -0.135. The van der Waals surface area contributed by atoms with Crippen LogP contribution < -0.4 is 4.74 Å². The van der Waals surface area contributed by atoms with Gasteiger partial charge in [-0.15, -0.1) is 0 Å². The molecule has 5 heteroatoms. The van der Waals surface area contributed by atoms with Gasteiger partial charge >= 0.3 is 0 Å². The number of aromatic nitrogens is 2. The predicted octanol–water partition coefficient (Wildman–Crippen LogP) is 3.42. The first kappa shape index (κ1) is 15.0. The molecule has 0 saturated heterocycles. The van der Waals surface area contributed by atoms with E-state index in [9.17, 15) is 9.59 Å². The molecule has 0 unspecified atom stereocenters. The number of nitrogens with zero attached hydrogens (tertiary/aromatic N) is 1. The second kappa shape index (κ2) is 6.44. The summed E-state index contributed by atoms with van der Waals surface area (Å²) in [6.45, 7) is 0. The lowest BCUT2D eigenvalue weighted by atomic mass is 10.0. The highest BCUT2D eigenvalue weighted by atomic mass is 16.5. The van der Waals surface area contributed by atoms with Gasteiger partial charge in [-0.25, -0.2) is 0 Å². The number of rotatable bonds is 6. The molecular formula is C18H16N2O3. The number of Topliss-reactive ketones (excluding diaryl/α,β-unsaturated/α-hetero) is 2. The molecule has 3 aromatic rings. The largest absolute Gasteiger partial charge is 0.497 e. The number of ketones is 2. The fourth-order valence-corrected chi connectivity index (χ4v) is 2.44. The molecule has 0 fully saturated rings. The van der Waals surface area contributed by atoms with Crippen LogP contribution in [0, 0.1) is 0 Å². The summed E-state index contributed by atoms with van der Waals surface area (Å²) < 4.78 is 5.06. The molecule has 116 valence electrons. The number of ether oxygens (including phenoxy) is 1. The van der Waals surface area contributed by atoms with E-state index >= 15 is 0 Å². The number of nitrogens with one attached hydrogen (secondary N) is 1. The Kier molecular flexibility index (Phi) is 4.19. The lowest BCUT2D eigenvalue weighted by Gasteiger charge is -2.02. The average molecular weight is 308 g/mol. The zero-order valence-electron chi connectivity index (χ0n) is 12.7. The second-order valence-corrected chi connectivity index (χ2v) is 5.19. The number of carbonyl (C=O) groups is 2. The molecule has 0 aliphatic carbocycles. The van der Waals surface area contributed by atoms with Gasteiger partial charge in [0.05, 0.1) is 12.6 Å². The van der Waals surface area contributed by atoms with E-state index in [4.69, 9.17) is 4.74 Å². The maximum atomic E-state index is 12.3. The van der Waals surface area contributed by atoms with Crippen molar-refractivity contribution in [2.24, 2.45) is 0 Å². The molecule has 0 atom stereocenters. The third kappa shape index (κ3) is 3.13. The summed E-state index contributed by atoms with van der Waals surface area (Å²) in [6, 6.07) is 14.3. The zero-order chi connectivity index (χ0) is 16.2. The van der Waals surface area contributed by atoms with Crippen LogP contribution in [0.1, 0.15) is 33.7 Å². The number of aromatic amines is 1. The molecule has 5 nitrogen and oxygen atoms in total. The van der Waals surface area contributed by atoms with E-state index in [0.717, 1.165) is 10.9 Å². The Balaban J connectivity index is 1.67. The molecule has 0 bridgehead atoms. The lowest BCUT2D eigenvalue weighted by Crippen LogP contribution is -2.06. The van der Waals surface area contributed by atoms with Crippen molar-refractivity contribution in [1.82, 2.24) is 10.2 Å². The number of hydrogen-bond donors (Lipinski definition) is 1. The summed E-state index contributed by atoms with van der Waals surface area (Å²) in [4.78, 5) is 24.5. The highest BCUT2D eigenvalue weighted by molar-refractivity contribution is 6.07. The van der Waals surface area contributed by atoms with Crippen molar-refractivity contribution in [2.45, 2.75) is 12.8 Å². The summed E-state index contributed by atoms with van der Waals surface area (Å²) >= 11 is 0. The molecule has 2 aromatic carbocycles. The lowest BCUT2D eigenvalue weighted by molar-refractivity contribution is 0.0915. The highest BCUT2D eigenvalue weighted by Crippen LogP contribution is 2.18. The molecule has 0 aliphatic rings. The first-order valence-electron chi connectivity index (χ1n) is 7.32. The van der Waals surface area contributed by atoms with Crippen LogP contribution in [0.2, 0.25) is 0 Å². The molecule has 1 heterocycles. The van der Waals surface area contributed by atoms with Crippen molar-refractivity contribution in [3.05, 3.63) is 59.8 Å². The Morgan fingerprint density at radius 3 is 2.43 bits per heavy atom. The minimum Gasteiger partial charge on any atom is -0.497 e. The summed E-state index contributed by atoms with van der Waals surface area (Å²) in [5.41, 5.74) is 1.78. The van der Waals surface area contributed by atoms with Crippen LogP contribution in [0.25, 0.3) is 10.9 Å². The van der Waals surface area contributed by atoms with E-state index in [1.54, 1.807) is 31.4 Å². The molecule has 0 radical (unpaired) electrons. The van der Waals surface area contributed by atoms with Crippen molar-refractivity contribution in [3.63, 3.8) is 0 Å². The van der Waals surface area contributed by atoms with Crippen LogP contribution in [-0.2, 0) is 0 Å². The highest BCUT2D eigenvalue weighted by Gasteiger charge is 2.16. The molecule has 0 amide bonds. The summed E-state index contributed by atoms with van der Waals surface area (Å²) in [7, 11) is 1.57. The number of H-pyrrole nitrogens is 1. The monoisotopic (exact) mass is 308 g/mol. The van der Waals surface area contributed by atoms with Crippen molar-refractivity contribution in [1.29, 1.82) is 0 Å². The van der Waals surface area contributed by atoms with E-state index in [2.05, 4.69) is 10.2 Å². The molecule has 3 rings (SSSR count). The van der Waals surface area contributed by atoms with E-state index < -0.39 is 0 Å². The van der Waals surface area contributed by atoms with Crippen molar-refractivity contribution < 1.29 is 14.3 Å². The Bertz CT molecular complexity index is 850. The number of fused-ring (bicyclic) bond motifs is 1. The fraction of sp³-hybridized carbons (Fsp3) is 0.167. The maximum Gasteiger partial charge on any atom is 0.184 e. The van der Waals surface area contributed by atoms with Crippen LogP contribution in [0.4, 0.5) is 0 Å². The number of methoxy groups -OCH3 is 1. The van der Waals surface area contributed by atoms with Gasteiger partial charge in [-0.05, 0) is 30.3 Å². The van der Waals surface area contributed by atoms with Crippen LogP contribution in [0.15, 0.2) is 48.5 Å². The van der Waals surface area contributed by atoms with Gasteiger partial charge in [0, 0.05) is 23.8 Å². The molecule has 0 saturated carbocycles. The first-order chi connectivity index (χ1) is 11.2. The smallest absolute Gasteiger partial charge is 0.184 e. The second-order valence-electron chi connectivity index (χ2n) is 5.19. The van der Waals surface area contributed by atoms with Crippen LogP contribution in [0.3, 0.4) is 0 Å². The normalized spacial score (nSPS) is 10.7. The Morgan fingerprint density at radius 1 is 1.00 bits per heavy atom. The number of para-hydroxylation sites is 1. The van der Waals surface area contributed by atoms with Crippen molar-refractivity contribution >= 4 is 22.5 Å². The van der Waals surface area contributed by atoms with Gasteiger partial charge < -0.3 is 4.74 Å². The minimum absolute atomic E-state index is 0.0687. The van der Waals surface area contributed by atoms with Crippen molar-refractivity contribution in [3.8, 4) is 5.75 Å². The SMILES string of the molecule is COc1ccc(C(=O)CCC(=O)c2n[nH]c3ccccc23)cc1. The van der Waals surface area contributed by atoms with Crippen LogP contribution >= 0.6 is 0 Å². The van der Waals surface area contributed by atoms with Crippen LogP contribution in [0.5, 0.6) is 5.75 Å². The Labute approximate surface area is 133 Å². The Hall–Kier alpha value is -2.95. The standard InChI is InChI=1S/C18H16N2O3/c1-23-13-8-6-12(7-9-13)16(21)10-11-17(22)18-14-4-2-3-5-15(14)19-20-18/h2-9H,10-11H2,1H3,(H,19,20). The van der Waals surface area contributed by atoms with Gasteiger partial charge in [0.2, 0.25) is 0 Å². The third-order valence-electron chi connectivity index (χ3n) is 3.73. The van der Waals surface area contributed by atoms with E-state index in [1.807, 2.05) is 24.3 Å². The topological polar surface area (TPSA) is 72.1 Å². The maximum absolute atomic E-state index is 12.3. The van der Waals surface area contributed by atoms with Crippen molar-refractivity contribution in [2.75, 3.05) is 7.11 Å². The number of carbonyl (C=O) groups excluding carboxylic acids is 2. The van der Waals surface area contributed by atoms with Gasteiger partial charge in [0.25, 0.3) is 0 Å². The molecule has 0 aliphatic heterocycles. The quantitative estimate of drug-likeness (QED) is 0.708. The van der Waals surface area contributed by atoms with Gasteiger partial charge in [0.1, 0.15) is 11.4 Å².